The van der Waals surface area contributed by atoms with Crippen LogP contribution in [0.5, 0.6) is 5.75 Å². The number of nitrogens with zero attached hydrogens (tertiary/aromatic N) is 1. The highest BCUT2D eigenvalue weighted by Gasteiger charge is 2.05. The molecule has 0 atom stereocenters. The maximum atomic E-state index is 6.05. The third-order valence-corrected chi connectivity index (χ3v) is 4.02. The number of rotatable bonds is 4. The molecule has 0 saturated carbocycles. The van der Waals surface area contributed by atoms with E-state index in [2.05, 4.69) is 26.2 Å². The highest BCUT2D eigenvalue weighted by molar-refractivity contribution is 9.10. The number of hydrogen-bond donors (Lipinski definition) is 1. The quantitative estimate of drug-likeness (QED) is 0.893. The molecule has 0 bridgehead atoms. The predicted molar refractivity (Wildman–Crippen MR) is 82.0 cm³/mol. The largest absolute Gasteiger partial charge is 0.497 e. The van der Waals surface area contributed by atoms with E-state index in [-0.39, 0.29) is 0 Å². The number of ether oxygens (including phenoxy) is 1. The summed E-state index contributed by atoms with van der Waals surface area (Å²) in [6.45, 7) is 2.55. The van der Waals surface area contributed by atoms with Crippen molar-refractivity contribution in [2.24, 2.45) is 0 Å². The summed E-state index contributed by atoms with van der Waals surface area (Å²) >= 11 is 9.50. The van der Waals surface area contributed by atoms with Crippen LogP contribution in [0, 0.1) is 6.92 Å². The van der Waals surface area contributed by atoms with E-state index in [0.717, 1.165) is 27.3 Å². The first-order valence-electron chi connectivity index (χ1n) is 5.79. The Morgan fingerprint density at radius 3 is 2.89 bits per heavy atom. The lowest BCUT2D eigenvalue weighted by Crippen LogP contribution is -2.03. The van der Waals surface area contributed by atoms with Gasteiger partial charge in [0.15, 0.2) is 0 Å². The van der Waals surface area contributed by atoms with Crippen LogP contribution in [0.3, 0.4) is 0 Å². The van der Waals surface area contributed by atoms with Gasteiger partial charge in [-0.2, -0.15) is 0 Å². The molecule has 1 aromatic heterocycles. The van der Waals surface area contributed by atoms with Gasteiger partial charge >= 0.3 is 0 Å². The summed E-state index contributed by atoms with van der Waals surface area (Å²) < 4.78 is 6.09. The van der Waals surface area contributed by atoms with E-state index in [0.29, 0.717) is 11.6 Å². The number of hydrogen-bond acceptors (Lipinski definition) is 3. The molecule has 3 nitrogen and oxygen atoms in total. The molecule has 0 aliphatic heterocycles. The van der Waals surface area contributed by atoms with Gasteiger partial charge in [-0.25, -0.2) is 0 Å². The molecule has 0 aliphatic carbocycles. The van der Waals surface area contributed by atoms with Crippen LogP contribution >= 0.6 is 27.5 Å². The molecule has 0 radical (unpaired) electrons. The Morgan fingerprint density at radius 1 is 1.37 bits per heavy atom. The lowest BCUT2D eigenvalue weighted by molar-refractivity contribution is 0.413. The van der Waals surface area contributed by atoms with Crippen LogP contribution in [0.25, 0.3) is 0 Å². The van der Waals surface area contributed by atoms with Crippen molar-refractivity contribution in [2.75, 3.05) is 12.4 Å². The maximum absolute atomic E-state index is 6.05. The fourth-order valence-corrected chi connectivity index (χ4v) is 2.32. The first kappa shape index (κ1) is 14.2. The maximum Gasteiger partial charge on any atom is 0.122 e. The molecule has 100 valence electrons. The SMILES string of the molecule is COc1cc(C)nc(CNc2cccc(Cl)c2Br)c1. The minimum Gasteiger partial charge on any atom is -0.497 e. The lowest BCUT2D eigenvalue weighted by atomic mass is 10.2. The van der Waals surface area contributed by atoms with Crippen LogP contribution in [0.2, 0.25) is 5.02 Å². The average Bonchev–Trinajstić information content (AvgIpc) is 2.40. The summed E-state index contributed by atoms with van der Waals surface area (Å²) in [4.78, 5) is 4.46. The van der Waals surface area contributed by atoms with Crippen molar-refractivity contribution in [1.82, 2.24) is 4.98 Å². The number of anilines is 1. The Balaban J connectivity index is 2.14. The van der Waals surface area contributed by atoms with Crippen LogP contribution in [0.4, 0.5) is 5.69 Å². The van der Waals surface area contributed by atoms with Crippen molar-refractivity contribution in [1.29, 1.82) is 0 Å². The Hall–Kier alpha value is -1.26. The first-order chi connectivity index (χ1) is 9.10. The second kappa shape index (κ2) is 6.26. The number of aromatic nitrogens is 1. The molecular formula is C14H14BrClN2O. The third-order valence-electron chi connectivity index (χ3n) is 2.63. The standard InChI is InChI=1S/C14H14BrClN2O/c1-9-6-11(19-2)7-10(18-9)8-17-13-5-3-4-12(16)14(13)15/h3-7,17H,8H2,1-2H3. The van der Waals surface area contributed by atoms with Gasteiger partial charge in [0.1, 0.15) is 5.75 Å². The van der Waals surface area contributed by atoms with Gasteiger partial charge in [0.2, 0.25) is 0 Å². The summed E-state index contributed by atoms with van der Waals surface area (Å²) in [6.07, 6.45) is 0. The molecule has 0 saturated heterocycles. The second-order valence-corrected chi connectivity index (χ2v) is 5.29. The van der Waals surface area contributed by atoms with Crippen LogP contribution in [-0.2, 0) is 6.54 Å². The minimum atomic E-state index is 0.608. The minimum absolute atomic E-state index is 0.608. The summed E-state index contributed by atoms with van der Waals surface area (Å²) in [5.74, 6) is 0.814. The molecule has 0 spiro atoms. The van der Waals surface area contributed by atoms with Gasteiger partial charge in [-0.15, -0.1) is 0 Å². The third kappa shape index (κ3) is 3.61. The fourth-order valence-electron chi connectivity index (χ4n) is 1.74. The number of methoxy groups -OCH3 is 1. The first-order valence-corrected chi connectivity index (χ1v) is 6.96. The van der Waals surface area contributed by atoms with Crippen LogP contribution in [0.15, 0.2) is 34.8 Å². The van der Waals surface area contributed by atoms with Crippen LogP contribution < -0.4 is 10.1 Å². The van der Waals surface area contributed by atoms with Crippen molar-refractivity contribution in [3.05, 3.63) is 51.2 Å². The Labute approximate surface area is 126 Å². The molecule has 19 heavy (non-hydrogen) atoms. The van der Waals surface area contributed by atoms with E-state index in [9.17, 15) is 0 Å². The Bertz CT molecular complexity index is 590. The van der Waals surface area contributed by atoms with E-state index >= 15 is 0 Å². The van der Waals surface area contributed by atoms with E-state index in [1.165, 1.54) is 0 Å². The van der Waals surface area contributed by atoms with Gasteiger partial charge in [-0.1, -0.05) is 17.7 Å². The van der Waals surface area contributed by atoms with Crippen molar-refractivity contribution < 1.29 is 4.74 Å². The monoisotopic (exact) mass is 340 g/mol. The fraction of sp³-hybridized carbons (Fsp3) is 0.214. The topological polar surface area (TPSA) is 34.1 Å². The zero-order valence-corrected chi connectivity index (χ0v) is 13.0. The molecular weight excluding hydrogens is 328 g/mol. The molecule has 0 aliphatic rings. The average molecular weight is 342 g/mol. The molecule has 0 amide bonds. The van der Waals surface area contributed by atoms with Gasteiger partial charge in [-0.05, 0) is 35.0 Å². The van der Waals surface area contributed by atoms with Crippen molar-refractivity contribution in [3.8, 4) is 5.75 Å². The van der Waals surface area contributed by atoms with Crippen molar-refractivity contribution in [2.45, 2.75) is 13.5 Å². The van der Waals surface area contributed by atoms with Gasteiger partial charge < -0.3 is 10.1 Å². The highest BCUT2D eigenvalue weighted by Crippen LogP contribution is 2.30. The van der Waals surface area contributed by atoms with Gasteiger partial charge in [0.05, 0.1) is 34.5 Å². The second-order valence-electron chi connectivity index (χ2n) is 4.09. The molecule has 1 N–H and O–H groups in total. The summed E-state index contributed by atoms with van der Waals surface area (Å²) in [7, 11) is 1.65. The molecule has 1 aromatic carbocycles. The number of nitrogens with one attached hydrogen (secondary N) is 1. The number of pyridine rings is 1. The van der Waals surface area contributed by atoms with Gasteiger partial charge in [-0.3, -0.25) is 4.98 Å². The molecule has 5 heteroatoms. The van der Waals surface area contributed by atoms with E-state index in [1.807, 2.05) is 37.3 Å². The van der Waals surface area contributed by atoms with E-state index in [1.54, 1.807) is 7.11 Å². The Kier molecular flexibility index (Phi) is 4.66. The molecule has 2 aromatic rings. The van der Waals surface area contributed by atoms with Crippen LogP contribution in [0.1, 0.15) is 11.4 Å². The lowest BCUT2D eigenvalue weighted by Gasteiger charge is -2.10. The van der Waals surface area contributed by atoms with Gasteiger partial charge in [0, 0.05) is 17.8 Å². The summed E-state index contributed by atoms with van der Waals surface area (Å²) in [5, 5.41) is 3.98. The summed E-state index contributed by atoms with van der Waals surface area (Å²) in [5.41, 5.74) is 2.79. The van der Waals surface area contributed by atoms with Crippen LogP contribution in [-0.4, -0.2) is 12.1 Å². The van der Waals surface area contributed by atoms with Gasteiger partial charge in [0.25, 0.3) is 0 Å². The predicted octanol–water partition coefficient (Wildman–Crippen LogP) is 4.43. The van der Waals surface area contributed by atoms with E-state index < -0.39 is 0 Å². The summed E-state index contributed by atoms with van der Waals surface area (Å²) in [6, 6.07) is 9.52. The van der Waals surface area contributed by atoms with E-state index in [4.69, 9.17) is 16.3 Å². The molecule has 1 heterocycles. The van der Waals surface area contributed by atoms with Crippen molar-refractivity contribution >= 4 is 33.2 Å². The molecule has 0 unspecified atom stereocenters. The molecule has 2 rings (SSSR count). The highest BCUT2D eigenvalue weighted by atomic mass is 79.9. The smallest absolute Gasteiger partial charge is 0.122 e. The number of benzene rings is 1. The number of aryl methyl sites for hydroxylation is 1. The normalized spacial score (nSPS) is 10.3. The zero-order chi connectivity index (χ0) is 13.8. The Morgan fingerprint density at radius 2 is 2.16 bits per heavy atom. The molecule has 0 fully saturated rings. The number of halogens is 2. The van der Waals surface area contributed by atoms with Crippen molar-refractivity contribution in [3.63, 3.8) is 0 Å². The zero-order valence-electron chi connectivity index (χ0n) is 10.7.